The summed E-state index contributed by atoms with van der Waals surface area (Å²) < 4.78 is 23.1. The molecule has 11 nitrogen and oxygen atoms in total. The normalized spacial score (nSPS) is 23.1. The van der Waals surface area contributed by atoms with Crippen molar-refractivity contribution < 1.29 is 18.7 Å². The summed E-state index contributed by atoms with van der Waals surface area (Å²) >= 11 is 0. The van der Waals surface area contributed by atoms with Gasteiger partial charge in [-0.05, 0) is 121 Å². The lowest BCUT2D eigenvalue weighted by Gasteiger charge is -2.48. The van der Waals surface area contributed by atoms with Crippen LogP contribution in [0.5, 0.6) is 0 Å². The maximum absolute atomic E-state index is 15.6. The van der Waals surface area contributed by atoms with Crippen molar-refractivity contribution in [1.29, 1.82) is 0 Å². The minimum Gasteiger partial charge on any atom is -0.378 e. The van der Waals surface area contributed by atoms with Crippen LogP contribution in [0.3, 0.4) is 0 Å². The number of pyridine rings is 1. The van der Waals surface area contributed by atoms with Crippen molar-refractivity contribution in [2.45, 2.75) is 95.3 Å². The van der Waals surface area contributed by atoms with E-state index in [1.807, 2.05) is 10.6 Å². The summed E-state index contributed by atoms with van der Waals surface area (Å²) in [7, 11) is 1.56. The van der Waals surface area contributed by atoms with E-state index in [0.717, 1.165) is 92.9 Å². The summed E-state index contributed by atoms with van der Waals surface area (Å²) in [5.41, 5.74) is 5.70. The number of hydrogen-bond acceptors (Lipinski definition) is 8. The van der Waals surface area contributed by atoms with Crippen molar-refractivity contribution in [3.63, 3.8) is 0 Å². The number of aromatic nitrogens is 3. The Morgan fingerprint density at radius 3 is 2.39 bits per heavy atom. The lowest BCUT2D eigenvalue weighted by atomic mass is 9.73. The summed E-state index contributed by atoms with van der Waals surface area (Å²) in [4.78, 5) is 44.8. The molecule has 1 aliphatic carbocycles. The smallest absolute Gasteiger partial charge is 0.251 e. The van der Waals surface area contributed by atoms with Crippen LogP contribution < -0.4 is 15.5 Å². The molecule has 2 amide bonds. The first-order valence-corrected chi connectivity index (χ1v) is 19.9. The third-order valence-electron chi connectivity index (χ3n) is 13.0. The summed E-state index contributed by atoms with van der Waals surface area (Å²) in [5.74, 6) is -0.0715. The predicted octanol–water partition coefficient (Wildman–Crippen LogP) is 6.33. The van der Waals surface area contributed by atoms with Gasteiger partial charge in [0.15, 0.2) is 5.82 Å². The van der Waals surface area contributed by atoms with Gasteiger partial charge in [0.25, 0.3) is 5.91 Å². The molecule has 2 aromatic carbocycles. The number of ether oxygens (including phenoxy) is 1. The molecule has 4 aliphatic heterocycles. The van der Waals surface area contributed by atoms with Crippen LogP contribution in [0.15, 0.2) is 42.7 Å². The van der Waals surface area contributed by atoms with Gasteiger partial charge in [0.1, 0.15) is 11.3 Å². The summed E-state index contributed by atoms with van der Waals surface area (Å²) in [6.07, 6.45) is 9.23. The lowest BCUT2D eigenvalue weighted by Crippen LogP contribution is -2.59. The number of benzene rings is 2. The van der Waals surface area contributed by atoms with Crippen molar-refractivity contribution in [2.24, 2.45) is 0 Å². The molecular formula is C42H51FN8O3. The highest BCUT2D eigenvalue weighted by Gasteiger charge is 2.56. The zero-order valence-electron chi connectivity index (χ0n) is 31.8. The Morgan fingerprint density at radius 1 is 0.963 bits per heavy atom. The second kappa shape index (κ2) is 13.7. The van der Waals surface area contributed by atoms with E-state index in [1.54, 1.807) is 20.3 Å². The fourth-order valence-electron chi connectivity index (χ4n) is 9.61. The highest BCUT2D eigenvalue weighted by Crippen LogP contribution is 2.52. The average Bonchev–Trinajstić information content (AvgIpc) is 3.67. The summed E-state index contributed by atoms with van der Waals surface area (Å²) in [5, 5.41) is 5.91. The molecule has 1 saturated carbocycles. The molecule has 2 N–H and O–H groups in total. The number of amides is 2. The number of anilines is 3. The number of carbonyl (C=O) groups is 2. The van der Waals surface area contributed by atoms with Gasteiger partial charge in [-0.15, -0.1) is 0 Å². The molecule has 2 aromatic heterocycles. The molecule has 0 bridgehead atoms. The number of likely N-dealkylation sites (tertiary alicyclic amines) is 2. The van der Waals surface area contributed by atoms with Gasteiger partial charge in [0.05, 0.1) is 47.9 Å². The molecule has 0 atom stereocenters. The van der Waals surface area contributed by atoms with E-state index in [0.29, 0.717) is 34.7 Å². The number of hydrogen-bond donors (Lipinski definition) is 2. The van der Waals surface area contributed by atoms with Crippen LogP contribution in [-0.2, 0) is 14.9 Å². The number of nitrogens with zero attached hydrogens (tertiary/aromatic N) is 6. The van der Waals surface area contributed by atoms with E-state index < -0.39 is 11.2 Å². The number of piperidine rings is 2. The topological polar surface area (TPSA) is 108 Å². The molecule has 5 aliphatic rings. The highest BCUT2D eigenvalue weighted by atomic mass is 19.1. The standard InChI is InChI=1S/C42H51FN8O3/c1-25(2)50-24-45-36-21-34(46-39(38(36)50)47-35-20-31(40(52)44-4)26(3)16-33(35)43)27-8-9-32-37(17-27)51(29-18-28(19-29)48-12-6-5-7-13-48)41(53)42(32)10-14-49(15-11-42)30-22-54-23-30/h8-9,16-17,20-21,24-25,28-30H,5-7,10-15,18-19,22-23H2,1-4H3,(H,44,52)(H,46,47). The number of nitrogens with one attached hydrogen (secondary N) is 2. The second-order valence-electron chi connectivity index (χ2n) is 16.4. The van der Waals surface area contributed by atoms with Gasteiger partial charge in [0.2, 0.25) is 5.91 Å². The Morgan fingerprint density at radius 2 is 1.70 bits per heavy atom. The number of imidazole rings is 1. The third-order valence-corrected chi connectivity index (χ3v) is 13.0. The van der Waals surface area contributed by atoms with Crippen molar-refractivity contribution in [3.05, 3.63) is 65.2 Å². The van der Waals surface area contributed by atoms with E-state index in [4.69, 9.17) is 14.7 Å². The quantitative estimate of drug-likeness (QED) is 0.217. The van der Waals surface area contributed by atoms with Gasteiger partial charge in [-0.25, -0.2) is 14.4 Å². The predicted molar refractivity (Wildman–Crippen MR) is 208 cm³/mol. The molecule has 0 radical (unpaired) electrons. The van der Waals surface area contributed by atoms with Gasteiger partial charge in [-0.3, -0.25) is 14.5 Å². The molecule has 9 rings (SSSR count). The van der Waals surface area contributed by atoms with Gasteiger partial charge in [-0.1, -0.05) is 18.6 Å². The Balaban J connectivity index is 1.10. The second-order valence-corrected chi connectivity index (χ2v) is 16.4. The van der Waals surface area contributed by atoms with Crippen LogP contribution in [0, 0.1) is 12.7 Å². The fourth-order valence-corrected chi connectivity index (χ4v) is 9.61. The van der Waals surface area contributed by atoms with E-state index in [2.05, 4.69) is 57.4 Å². The number of fused-ring (bicyclic) bond motifs is 3. The fraction of sp³-hybridized carbons (Fsp3) is 0.524. The molecule has 54 heavy (non-hydrogen) atoms. The van der Waals surface area contributed by atoms with Crippen LogP contribution in [0.25, 0.3) is 22.3 Å². The zero-order chi connectivity index (χ0) is 37.3. The zero-order valence-corrected chi connectivity index (χ0v) is 31.8. The van der Waals surface area contributed by atoms with Gasteiger partial charge in [0, 0.05) is 42.0 Å². The maximum atomic E-state index is 15.6. The Bertz CT molecular complexity index is 2110. The van der Waals surface area contributed by atoms with Crippen LogP contribution in [-0.4, -0.2) is 101 Å². The third kappa shape index (κ3) is 5.79. The number of halogens is 1. The maximum Gasteiger partial charge on any atom is 0.251 e. The number of rotatable bonds is 8. The van der Waals surface area contributed by atoms with Crippen molar-refractivity contribution in [3.8, 4) is 11.3 Å². The Kier molecular flexibility index (Phi) is 8.98. The molecule has 0 unspecified atom stereocenters. The van der Waals surface area contributed by atoms with Crippen LogP contribution >= 0.6 is 0 Å². The van der Waals surface area contributed by atoms with Gasteiger partial charge in [-0.2, -0.15) is 0 Å². The summed E-state index contributed by atoms with van der Waals surface area (Å²) in [6.45, 7) is 11.5. The molecule has 1 spiro atoms. The van der Waals surface area contributed by atoms with Crippen molar-refractivity contribution in [1.82, 2.24) is 29.7 Å². The molecule has 12 heteroatoms. The largest absolute Gasteiger partial charge is 0.378 e. The summed E-state index contributed by atoms with van der Waals surface area (Å²) in [6, 6.07) is 12.6. The first-order chi connectivity index (χ1) is 26.1. The van der Waals surface area contributed by atoms with Gasteiger partial charge < -0.3 is 29.7 Å². The number of aryl methyl sites for hydroxylation is 1. The van der Waals surface area contributed by atoms with Crippen LogP contribution in [0.4, 0.5) is 21.6 Å². The lowest BCUT2D eigenvalue weighted by molar-refractivity contribution is -0.128. The molecular weight excluding hydrogens is 684 g/mol. The SMILES string of the molecule is CNC(=O)c1cc(Nc2nc(-c3ccc4c(c3)N(C3CC(N5CCCCC5)C3)C(=O)C43CCN(C4COC4)CC3)cc3ncn(C(C)C)c23)c(F)cc1C. The van der Waals surface area contributed by atoms with Gasteiger partial charge >= 0.3 is 0 Å². The minimum absolute atomic E-state index is 0.0720. The van der Waals surface area contributed by atoms with Crippen LogP contribution in [0.1, 0.15) is 86.3 Å². The van der Waals surface area contributed by atoms with E-state index in [1.165, 1.54) is 31.4 Å². The van der Waals surface area contributed by atoms with E-state index in [9.17, 15) is 9.59 Å². The van der Waals surface area contributed by atoms with E-state index in [-0.39, 0.29) is 29.6 Å². The molecule has 6 heterocycles. The first kappa shape index (κ1) is 35.3. The minimum atomic E-state index is -0.531. The molecule has 3 saturated heterocycles. The molecule has 284 valence electrons. The monoisotopic (exact) mass is 734 g/mol. The molecule has 4 aromatic rings. The Hall–Kier alpha value is -4.39. The average molecular weight is 735 g/mol. The highest BCUT2D eigenvalue weighted by molar-refractivity contribution is 6.09. The molecule has 4 fully saturated rings. The first-order valence-electron chi connectivity index (χ1n) is 19.9. The van der Waals surface area contributed by atoms with Crippen molar-refractivity contribution in [2.75, 3.05) is 56.7 Å². The van der Waals surface area contributed by atoms with Crippen LogP contribution in [0.2, 0.25) is 0 Å². The van der Waals surface area contributed by atoms with Crippen molar-refractivity contribution >= 4 is 40.0 Å². The Labute approximate surface area is 316 Å². The van der Waals surface area contributed by atoms with E-state index >= 15 is 4.39 Å². The number of carbonyl (C=O) groups excluding carboxylic acids is 2.